The number of methoxy groups -OCH3 is 1. The van der Waals surface area contributed by atoms with Crippen molar-refractivity contribution in [2.45, 2.75) is 20.0 Å². The van der Waals surface area contributed by atoms with Crippen LogP contribution in [0, 0.1) is 6.92 Å². The molecule has 20 heavy (non-hydrogen) atoms. The lowest BCUT2D eigenvalue weighted by Gasteiger charge is -2.13. The zero-order chi connectivity index (χ0) is 14.5. The molecule has 3 nitrogen and oxygen atoms in total. The van der Waals surface area contributed by atoms with E-state index in [1.54, 1.807) is 7.11 Å². The van der Waals surface area contributed by atoms with Crippen molar-refractivity contribution in [1.82, 2.24) is 10.3 Å². The quantitative estimate of drug-likeness (QED) is 0.817. The summed E-state index contributed by atoms with van der Waals surface area (Å²) in [5, 5.41) is 3.44. The number of nitrogens with one attached hydrogen (secondary N) is 1. The number of hydrogen-bond acceptors (Lipinski definition) is 3. The maximum absolute atomic E-state index is 5.44. The summed E-state index contributed by atoms with van der Waals surface area (Å²) in [5.74, 6) is 0.868. The van der Waals surface area contributed by atoms with Gasteiger partial charge in [0.1, 0.15) is 5.75 Å². The molecule has 0 unspecified atom stereocenters. The van der Waals surface area contributed by atoms with E-state index in [0.29, 0.717) is 0 Å². The van der Waals surface area contributed by atoms with Gasteiger partial charge in [0.15, 0.2) is 0 Å². The van der Waals surface area contributed by atoms with E-state index in [1.807, 2.05) is 24.5 Å². The van der Waals surface area contributed by atoms with Crippen LogP contribution in [0.1, 0.15) is 16.7 Å². The third-order valence-electron chi connectivity index (χ3n) is 3.06. The molecular formula is C15H16Br2N2O. The van der Waals surface area contributed by atoms with Gasteiger partial charge in [0.05, 0.1) is 11.6 Å². The Hall–Kier alpha value is -0.910. The van der Waals surface area contributed by atoms with Gasteiger partial charge in [-0.15, -0.1) is 0 Å². The van der Waals surface area contributed by atoms with Crippen LogP contribution in [0.2, 0.25) is 0 Å². The fourth-order valence-corrected chi connectivity index (χ4v) is 3.48. The number of aryl methyl sites for hydroxylation is 1. The topological polar surface area (TPSA) is 34.1 Å². The molecule has 0 aliphatic carbocycles. The van der Waals surface area contributed by atoms with Crippen molar-refractivity contribution < 1.29 is 4.74 Å². The predicted octanol–water partition coefficient (Wildman–Crippen LogP) is 4.21. The van der Waals surface area contributed by atoms with E-state index in [2.05, 4.69) is 55.2 Å². The van der Waals surface area contributed by atoms with Crippen molar-refractivity contribution in [3.05, 3.63) is 56.2 Å². The highest BCUT2D eigenvalue weighted by molar-refractivity contribution is 9.11. The van der Waals surface area contributed by atoms with Crippen molar-refractivity contribution in [1.29, 1.82) is 0 Å². The molecule has 0 radical (unpaired) electrons. The van der Waals surface area contributed by atoms with Crippen LogP contribution in [0.5, 0.6) is 5.75 Å². The Kier molecular flexibility index (Phi) is 5.57. The van der Waals surface area contributed by atoms with E-state index in [9.17, 15) is 0 Å². The van der Waals surface area contributed by atoms with E-state index >= 15 is 0 Å². The monoisotopic (exact) mass is 398 g/mol. The summed E-state index contributed by atoms with van der Waals surface area (Å²) >= 11 is 7.02. The van der Waals surface area contributed by atoms with Gasteiger partial charge in [-0.2, -0.15) is 0 Å². The second-order valence-corrected chi connectivity index (χ2v) is 6.26. The summed E-state index contributed by atoms with van der Waals surface area (Å²) in [6.07, 6.45) is 3.70. The number of hydrogen-bond donors (Lipinski definition) is 1. The number of nitrogens with zero attached hydrogens (tertiary/aromatic N) is 1. The second-order valence-electron chi connectivity index (χ2n) is 4.49. The number of ether oxygens (including phenoxy) is 1. The molecule has 0 atom stereocenters. The van der Waals surface area contributed by atoms with Crippen LogP contribution >= 0.6 is 31.9 Å². The molecule has 0 spiro atoms. The lowest BCUT2D eigenvalue weighted by molar-refractivity contribution is 0.405. The smallest absolute Gasteiger partial charge is 0.137 e. The zero-order valence-corrected chi connectivity index (χ0v) is 14.6. The summed E-state index contributed by atoms with van der Waals surface area (Å²) in [7, 11) is 1.69. The van der Waals surface area contributed by atoms with E-state index in [0.717, 1.165) is 33.3 Å². The van der Waals surface area contributed by atoms with E-state index in [1.165, 1.54) is 11.1 Å². The van der Waals surface area contributed by atoms with Crippen LogP contribution in [0.4, 0.5) is 0 Å². The van der Waals surface area contributed by atoms with Crippen LogP contribution in [0.25, 0.3) is 0 Å². The Labute approximate surface area is 136 Å². The molecule has 0 fully saturated rings. The number of benzene rings is 1. The predicted molar refractivity (Wildman–Crippen MR) is 87.9 cm³/mol. The molecule has 1 aromatic heterocycles. The fourth-order valence-electron chi connectivity index (χ4n) is 2.01. The highest BCUT2D eigenvalue weighted by atomic mass is 79.9. The minimum atomic E-state index is 0.739. The average Bonchev–Trinajstić information content (AvgIpc) is 2.40. The lowest BCUT2D eigenvalue weighted by atomic mass is 10.1. The maximum atomic E-state index is 5.44. The molecule has 0 amide bonds. The van der Waals surface area contributed by atoms with Gasteiger partial charge in [0.2, 0.25) is 0 Å². The molecule has 106 valence electrons. The Morgan fingerprint density at radius 2 is 1.95 bits per heavy atom. The largest absolute Gasteiger partial charge is 0.495 e. The summed E-state index contributed by atoms with van der Waals surface area (Å²) in [6, 6.07) is 6.09. The van der Waals surface area contributed by atoms with Gasteiger partial charge in [0.25, 0.3) is 0 Å². The summed E-state index contributed by atoms with van der Waals surface area (Å²) in [6.45, 7) is 3.62. The molecule has 1 heterocycles. The minimum absolute atomic E-state index is 0.739. The highest BCUT2D eigenvalue weighted by Gasteiger charge is 2.09. The normalized spacial score (nSPS) is 10.6. The highest BCUT2D eigenvalue weighted by Crippen LogP contribution is 2.32. The van der Waals surface area contributed by atoms with E-state index < -0.39 is 0 Å². The number of halogens is 2. The SMILES string of the molecule is COc1c(Br)cc(Br)cc1CNCc1ccncc1C. The molecule has 1 aromatic carbocycles. The molecule has 2 rings (SSSR count). The first-order valence-electron chi connectivity index (χ1n) is 6.24. The first-order chi connectivity index (χ1) is 9.61. The Bertz CT molecular complexity index is 602. The molecule has 0 bridgehead atoms. The molecule has 2 aromatic rings. The number of aromatic nitrogens is 1. The Balaban J connectivity index is 2.06. The van der Waals surface area contributed by atoms with Gasteiger partial charge in [-0.3, -0.25) is 4.98 Å². The van der Waals surface area contributed by atoms with Crippen LogP contribution < -0.4 is 10.1 Å². The average molecular weight is 400 g/mol. The van der Waals surface area contributed by atoms with Crippen LogP contribution in [0.3, 0.4) is 0 Å². The molecule has 5 heteroatoms. The van der Waals surface area contributed by atoms with Crippen LogP contribution in [-0.2, 0) is 13.1 Å². The number of rotatable bonds is 5. The third kappa shape index (κ3) is 3.81. The van der Waals surface area contributed by atoms with Crippen molar-refractivity contribution in [2.75, 3.05) is 7.11 Å². The van der Waals surface area contributed by atoms with Gasteiger partial charge in [-0.25, -0.2) is 0 Å². The molecule has 0 saturated heterocycles. The van der Waals surface area contributed by atoms with E-state index in [-0.39, 0.29) is 0 Å². The Morgan fingerprint density at radius 3 is 2.65 bits per heavy atom. The fraction of sp³-hybridized carbons (Fsp3) is 0.267. The molecule has 0 aliphatic rings. The van der Waals surface area contributed by atoms with Gasteiger partial charge in [-0.1, -0.05) is 15.9 Å². The molecule has 1 N–H and O–H groups in total. The third-order valence-corrected chi connectivity index (χ3v) is 4.10. The summed E-state index contributed by atoms with van der Waals surface area (Å²) < 4.78 is 7.42. The van der Waals surface area contributed by atoms with Crippen molar-refractivity contribution >= 4 is 31.9 Å². The zero-order valence-electron chi connectivity index (χ0n) is 11.4. The standard InChI is InChI=1S/C15H16Br2N2O/c1-10-7-18-4-3-11(10)8-19-9-12-5-13(16)6-14(17)15(12)20-2/h3-7,19H,8-9H2,1-2H3. The van der Waals surface area contributed by atoms with E-state index in [4.69, 9.17) is 4.74 Å². The van der Waals surface area contributed by atoms with Crippen molar-refractivity contribution in [2.24, 2.45) is 0 Å². The van der Waals surface area contributed by atoms with Crippen molar-refractivity contribution in [3.63, 3.8) is 0 Å². The van der Waals surface area contributed by atoms with Crippen LogP contribution in [0.15, 0.2) is 39.5 Å². The molecule has 0 saturated carbocycles. The lowest BCUT2D eigenvalue weighted by Crippen LogP contribution is -2.14. The summed E-state index contributed by atoms with van der Waals surface area (Å²) in [5.41, 5.74) is 3.57. The minimum Gasteiger partial charge on any atom is -0.495 e. The van der Waals surface area contributed by atoms with Crippen LogP contribution in [-0.4, -0.2) is 12.1 Å². The Morgan fingerprint density at radius 1 is 1.20 bits per heavy atom. The molecular weight excluding hydrogens is 384 g/mol. The molecule has 0 aliphatic heterocycles. The van der Waals surface area contributed by atoms with Gasteiger partial charge in [-0.05, 0) is 52.2 Å². The van der Waals surface area contributed by atoms with Gasteiger partial charge < -0.3 is 10.1 Å². The number of pyridine rings is 1. The first-order valence-corrected chi connectivity index (χ1v) is 7.82. The van der Waals surface area contributed by atoms with Gasteiger partial charge >= 0.3 is 0 Å². The second kappa shape index (κ2) is 7.20. The summed E-state index contributed by atoms with van der Waals surface area (Å²) in [4.78, 5) is 4.10. The van der Waals surface area contributed by atoms with Crippen molar-refractivity contribution in [3.8, 4) is 5.75 Å². The maximum Gasteiger partial charge on any atom is 0.137 e. The first kappa shape index (κ1) is 15.5. The van der Waals surface area contributed by atoms with Gasteiger partial charge in [0, 0.05) is 35.5 Å².